The summed E-state index contributed by atoms with van der Waals surface area (Å²) >= 11 is 8.21. The number of nitrogens with one attached hydrogen (secondary N) is 2. The summed E-state index contributed by atoms with van der Waals surface area (Å²) in [6.45, 7) is 11.9. The van der Waals surface area contributed by atoms with Gasteiger partial charge in [-0.15, -0.1) is 11.3 Å². The molecule has 3 aromatic rings. The van der Waals surface area contributed by atoms with Crippen molar-refractivity contribution in [1.29, 1.82) is 0 Å². The largest absolute Gasteiger partial charge is 0.495 e. The van der Waals surface area contributed by atoms with Crippen LogP contribution in [0.3, 0.4) is 0 Å². The van der Waals surface area contributed by atoms with Crippen molar-refractivity contribution in [3.63, 3.8) is 0 Å². The molecule has 3 aliphatic rings. The van der Waals surface area contributed by atoms with E-state index in [1.165, 1.54) is 23.3 Å². The molecule has 1 saturated heterocycles. The summed E-state index contributed by atoms with van der Waals surface area (Å²) in [4.78, 5) is 50.9. The minimum atomic E-state index is -0.964. The molecule has 3 unspecified atom stereocenters. The highest BCUT2D eigenvalue weighted by Gasteiger charge is 2.54. The van der Waals surface area contributed by atoms with E-state index < -0.39 is 41.5 Å². The SMILES string of the molecule is COc1ccc2c(OC3C[C@@H](C(N)=O)N(C(=O)[C@@H](NC(=O)OC4C[C@@H]5C(C)[C@@H]5C4)C(C)(C)C)C3)cc(-c3csc(NC(C)C)n3)nc2c1Cl. The molecule has 14 heteroatoms. The summed E-state index contributed by atoms with van der Waals surface area (Å²) in [6, 6.07) is 3.62. The third-order valence-corrected chi connectivity index (χ3v) is 11.0. The Morgan fingerprint density at radius 2 is 1.78 bits per heavy atom. The molecule has 2 saturated carbocycles. The van der Waals surface area contributed by atoms with Crippen molar-refractivity contribution in [1.82, 2.24) is 20.2 Å². The number of rotatable bonds is 10. The molecule has 4 N–H and O–H groups in total. The zero-order valence-electron chi connectivity index (χ0n) is 28.9. The Morgan fingerprint density at radius 3 is 2.41 bits per heavy atom. The van der Waals surface area contributed by atoms with E-state index in [4.69, 9.17) is 41.5 Å². The van der Waals surface area contributed by atoms with Gasteiger partial charge in [-0.3, -0.25) is 9.59 Å². The molecule has 264 valence electrons. The Bertz CT molecular complexity index is 1750. The van der Waals surface area contributed by atoms with E-state index in [1.807, 2.05) is 46.1 Å². The predicted octanol–water partition coefficient (Wildman–Crippen LogP) is 5.86. The fourth-order valence-electron chi connectivity index (χ4n) is 7.21. The lowest BCUT2D eigenvalue weighted by Crippen LogP contribution is -2.57. The van der Waals surface area contributed by atoms with Crippen LogP contribution in [0, 0.1) is 23.2 Å². The van der Waals surface area contributed by atoms with E-state index in [2.05, 4.69) is 17.6 Å². The predicted molar refractivity (Wildman–Crippen MR) is 189 cm³/mol. The Labute approximate surface area is 295 Å². The number of halogens is 1. The first kappa shape index (κ1) is 35.0. The van der Waals surface area contributed by atoms with Gasteiger partial charge in [0.05, 0.1) is 24.9 Å². The van der Waals surface area contributed by atoms with Gasteiger partial charge < -0.3 is 35.5 Å². The number of amides is 3. The minimum Gasteiger partial charge on any atom is -0.495 e. The minimum absolute atomic E-state index is 0.0712. The van der Waals surface area contributed by atoms with Gasteiger partial charge in [0.15, 0.2) is 5.13 Å². The molecule has 49 heavy (non-hydrogen) atoms. The topological polar surface area (TPSA) is 158 Å². The Kier molecular flexibility index (Phi) is 9.62. The Morgan fingerprint density at radius 1 is 1.06 bits per heavy atom. The van der Waals surface area contributed by atoms with Gasteiger partial charge in [-0.2, -0.15) is 0 Å². The zero-order valence-corrected chi connectivity index (χ0v) is 30.5. The molecule has 12 nitrogen and oxygen atoms in total. The number of alkyl carbamates (subject to hydrolysis) is 1. The molecule has 7 atom stereocenters. The summed E-state index contributed by atoms with van der Waals surface area (Å²) in [5.74, 6) is 1.74. The maximum absolute atomic E-state index is 14.2. The number of methoxy groups -OCH3 is 1. The maximum Gasteiger partial charge on any atom is 0.408 e. The van der Waals surface area contributed by atoms with Crippen LogP contribution in [0.15, 0.2) is 23.6 Å². The van der Waals surface area contributed by atoms with E-state index in [0.29, 0.717) is 56.6 Å². The van der Waals surface area contributed by atoms with Crippen molar-refractivity contribution >= 4 is 56.9 Å². The van der Waals surface area contributed by atoms with Crippen LogP contribution in [-0.2, 0) is 14.3 Å². The standard InChI is InChI=1S/C35H45ClN6O6S/c1-16(2)38-33-40-24(15-49-33)23-13-27(20-8-9-26(46-7)28(36)29(20)39-23)47-19-12-25(31(37)43)42(14-19)32(44)30(35(4,5)6)41-34(45)48-18-10-21-17(3)22(21)11-18/h8-9,13,15-19,21-22,25,30H,10-12,14H2,1-7H3,(H2,37,43)(H,38,40)(H,41,45)/t17?,18?,19?,21-,22+,25-,30+/m0/s1. The fourth-order valence-corrected chi connectivity index (χ4v) is 8.34. The average Bonchev–Trinajstić information content (AvgIpc) is 3.52. The quantitative estimate of drug-likeness (QED) is 0.234. The van der Waals surface area contributed by atoms with Gasteiger partial charge in [0.2, 0.25) is 11.8 Å². The number of anilines is 1. The molecule has 6 rings (SSSR count). The van der Waals surface area contributed by atoms with Crippen LogP contribution in [0.1, 0.15) is 60.8 Å². The van der Waals surface area contributed by atoms with E-state index in [1.54, 1.807) is 12.1 Å². The molecular weight excluding hydrogens is 668 g/mol. The van der Waals surface area contributed by atoms with Crippen LogP contribution in [0.5, 0.6) is 11.5 Å². The number of ether oxygens (including phenoxy) is 3. The molecule has 0 bridgehead atoms. The Hall–Kier alpha value is -3.84. The Balaban J connectivity index is 1.25. The second-order valence-corrected chi connectivity index (χ2v) is 16.1. The number of primary amides is 1. The highest BCUT2D eigenvalue weighted by molar-refractivity contribution is 7.14. The normalized spacial score (nSPS) is 25.2. The summed E-state index contributed by atoms with van der Waals surface area (Å²) in [6.07, 6.45) is 0.476. The van der Waals surface area contributed by atoms with Crippen LogP contribution in [0.2, 0.25) is 5.02 Å². The highest BCUT2D eigenvalue weighted by Crippen LogP contribution is 2.57. The van der Waals surface area contributed by atoms with Crippen molar-refractivity contribution in [2.24, 2.45) is 28.9 Å². The van der Waals surface area contributed by atoms with Gasteiger partial charge in [-0.05, 0) is 62.0 Å². The number of fused-ring (bicyclic) bond motifs is 2. The summed E-state index contributed by atoms with van der Waals surface area (Å²) in [7, 11) is 1.53. The zero-order chi connectivity index (χ0) is 35.4. The van der Waals surface area contributed by atoms with E-state index in [9.17, 15) is 14.4 Å². The number of carbonyl (C=O) groups is 3. The number of thiazole rings is 1. The number of hydrogen-bond acceptors (Lipinski definition) is 10. The summed E-state index contributed by atoms with van der Waals surface area (Å²) < 4.78 is 17.8. The van der Waals surface area contributed by atoms with Crippen LogP contribution in [-0.4, -0.2) is 76.8 Å². The van der Waals surface area contributed by atoms with Crippen LogP contribution in [0.4, 0.5) is 9.93 Å². The van der Waals surface area contributed by atoms with E-state index >= 15 is 0 Å². The lowest BCUT2D eigenvalue weighted by molar-refractivity contribution is -0.141. The van der Waals surface area contributed by atoms with Crippen molar-refractivity contribution in [2.45, 2.75) is 91.1 Å². The van der Waals surface area contributed by atoms with Gasteiger partial charge in [-0.1, -0.05) is 39.3 Å². The molecule has 3 heterocycles. The number of carbonyl (C=O) groups excluding carboxylic acids is 3. The first-order chi connectivity index (χ1) is 23.1. The van der Waals surface area contributed by atoms with E-state index in [-0.39, 0.29) is 25.1 Å². The summed E-state index contributed by atoms with van der Waals surface area (Å²) in [5, 5.41) is 9.71. The van der Waals surface area contributed by atoms with Crippen molar-refractivity contribution < 1.29 is 28.6 Å². The molecule has 2 aliphatic carbocycles. The molecule has 3 amide bonds. The number of likely N-dealkylation sites (tertiary alicyclic amines) is 1. The number of benzene rings is 1. The number of aromatic nitrogens is 2. The third-order valence-electron chi connectivity index (χ3n) is 9.89. The molecule has 1 aromatic carbocycles. The van der Waals surface area contributed by atoms with Crippen molar-refractivity contribution in [3.05, 3.63) is 28.6 Å². The maximum atomic E-state index is 14.2. The third kappa shape index (κ3) is 7.23. The van der Waals surface area contributed by atoms with Crippen LogP contribution < -0.4 is 25.8 Å². The molecule has 3 fully saturated rings. The smallest absolute Gasteiger partial charge is 0.408 e. The monoisotopic (exact) mass is 712 g/mol. The van der Waals surface area contributed by atoms with Crippen molar-refractivity contribution in [2.75, 3.05) is 19.0 Å². The molecule has 2 aromatic heterocycles. The molecule has 0 spiro atoms. The van der Waals surface area contributed by atoms with Gasteiger partial charge in [0.25, 0.3) is 0 Å². The second-order valence-electron chi connectivity index (χ2n) is 14.8. The molecular formula is C35H45ClN6O6S. The number of nitrogens with two attached hydrogens (primary N) is 1. The highest BCUT2D eigenvalue weighted by atomic mass is 35.5. The van der Waals surface area contributed by atoms with Crippen molar-refractivity contribution in [3.8, 4) is 22.9 Å². The van der Waals surface area contributed by atoms with Crippen LogP contribution in [0.25, 0.3) is 22.3 Å². The average molecular weight is 713 g/mol. The van der Waals surface area contributed by atoms with Crippen LogP contribution >= 0.6 is 22.9 Å². The van der Waals surface area contributed by atoms with E-state index in [0.717, 1.165) is 18.0 Å². The van der Waals surface area contributed by atoms with Gasteiger partial charge >= 0.3 is 6.09 Å². The van der Waals surface area contributed by atoms with Gasteiger partial charge in [0.1, 0.15) is 46.5 Å². The first-order valence-electron chi connectivity index (χ1n) is 16.8. The van der Waals surface area contributed by atoms with Gasteiger partial charge in [-0.25, -0.2) is 14.8 Å². The molecule has 0 radical (unpaired) electrons. The first-order valence-corrected chi connectivity index (χ1v) is 18.0. The second kappa shape index (κ2) is 13.5. The fraction of sp³-hybridized carbons (Fsp3) is 0.571. The number of hydrogen-bond donors (Lipinski definition) is 3. The number of pyridine rings is 1. The summed E-state index contributed by atoms with van der Waals surface area (Å²) in [5.41, 5.74) is 6.79. The number of nitrogens with zero attached hydrogens (tertiary/aromatic N) is 3. The lowest BCUT2D eigenvalue weighted by atomic mass is 9.85. The molecule has 1 aliphatic heterocycles. The lowest BCUT2D eigenvalue weighted by Gasteiger charge is -2.35. The van der Waals surface area contributed by atoms with Gasteiger partial charge in [0, 0.05) is 29.3 Å².